The zero-order chi connectivity index (χ0) is 24.5. The second kappa shape index (κ2) is 9.49. The summed E-state index contributed by atoms with van der Waals surface area (Å²) in [6.45, 7) is 2.18. The quantitative estimate of drug-likeness (QED) is 0.470. The molecule has 0 radical (unpaired) electrons. The summed E-state index contributed by atoms with van der Waals surface area (Å²) in [5.41, 5.74) is 4.48. The Balaban J connectivity index is 1.30. The van der Waals surface area contributed by atoms with Gasteiger partial charge in [-0.3, -0.25) is 0 Å². The number of hydrogen-bond acceptors (Lipinski definition) is 3. The Morgan fingerprint density at radius 3 is 2.60 bits per heavy atom. The molecule has 35 heavy (non-hydrogen) atoms. The van der Waals surface area contributed by atoms with Crippen LogP contribution in [0.3, 0.4) is 0 Å². The van der Waals surface area contributed by atoms with Gasteiger partial charge in [0.25, 0.3) is 0 Å². The zero-order valence-corrected chi connectivity index (χ0v) is 19.7. The van der Waals surface area contributed by atoms with Gasteiger partial charge in [0.1, 0.15) is 11.6 Å². The maximum atomic E-state index is 15.1. The molecular weight excluding hydrogens is 448 g/mol. The number of urea groups is 1. The van der Waals surface area contributed by atoms with E-state index in [-0.39, 0.29) is 23.9 Å². The summed E-state index contributed by atoms with van der Waals surface area (Å²) in [5, 5.41) is 3.03. The van der Waals surface area contributed by atoms with Crippen LogP contribution < -0.4 is 10.1 Å². The van der Waals surface area contributed by atoms with E-state index < -0.39 is 5.95 Å². The summed E-state index contributed by atoms with van der Waals surface area (Å²) in [7, 11) is 1.62. The molecule has 0 aliphatic carbocycles. The first kappa shape index (κ1) is 23.0. The number of nitrogens with zero attached hydrogens (tertiary/aromatic N) is 2. The molecule has 180 valence electrons. The standard InChI is InChI=1S/C28H27F2N3O2/c1-17-11-27(30)31-16-25(17)24-10-5-19(14-26(24)29)20-12-21-6-7-22(13-20)33(21)28(34)32-15-18-3-8-23(35-2)9-4-18/h3-5,8-12,14,16,21-22H,6-7,13,15H2,1-2H3,(H,32,34). The third-order valence-corrected chi connectivity index (χ3v) is 6.94. The van der Waals surface area contributed by atoms with Gasteiger partial charge in [-0.05, 0) is 72.7 Å². The third kappa shape index (κ3) is 4.63. The van der Waals surface area contributed by atoms with Gasteiger partial charge < -0.3 is 15.0 Å². The van der Waals surface area contributed by atoms with E-state index in [2.05, 4.69) is 16.4 Å². The van der Waals surface area contributed by atoms with E-state index in [0.29, 0.717) is 29.7 Å². The van der Waals surface area contributed by atoms with Crippen molar-refractivity contribution in [2.45, 2.75) is 44.8 Å². The molecule has 2 amide bonds. The summed E-state index contributed by atoms with van der Waals surface area (Å²) < 4.78 is 33.6. The topological polar surface area (TPSA) is 54.5 Å². The maximum absolute atomic E-state index is 15.1. The summed E-state index contributed by atoms with van der Waals surface area (Å²) in [6.07, 6.45) is 5.95. The van der Waals surface area contributed by atoms with Crippen LogP contribution in [0.5, 0.6) is 5.75 Å². The van der Waals surface area contributed by atoms with Crippen molar-refractivity contribution >= 4 is 11.6 Å². The van der Waals surface area contributed by atoms with Crippen LogP contribution in [0, 0.1) is 18.7 Å². The normalized spacial score (nSPS) is 18.9. The molecule has 1 fully saturated rings. The zero-order valence-electron chi connectivity index (χ0n) is 19.7. The molecule has 2 atom stereocenters. The number of hydrogen-bond donors (Lipinski definition) is 1. The van der Waals surface area contributed by atoms with Crippen LogP contribution in [0.1, 0.15) is 36.0 Å². The number of carbonyl (C=O) groups is 1. The molecular formula is C28H27F2N3O2. The number of rotatable bonds is 5. The number of ether oxygens (including phenoxy) is 1. The Kier molecular flexibility index (Phi) is 6.24. The van der Waals surface area contributed by atoms with Crippen molar-refractivity contribution in [2.24, 2.45) is 0 Å². The minimum atomic E-state index is -0.580. The number of benzene rings is 2. The Labute approximate surface area is 203 Å². The highest BCUT2D eigenvalue weighted by Crippen LogP contribution is 2.39. The fourth-order valence-electron chi connectivity index (χ4n) is 5.11. The molecule has 2 aliphatic heterocycles. The first-order valence-corrected chi connectivity index (χ1v) is 11.7. The largest absolute Gasteiger partial charge is 0.497 e. The lowest BCUT2D eigenvalue weighted by molar-refractivity contribution is 0.179. The van der Waals surface area contributed by atoms with E-state index in [1.165, 1.54) is 18.3 Å². The molecule has 0 spiro atoms. The molecule has 5 nitrogen and oxygen atoms in total. The monoisotopic (exact) mass is 475 g/mol. The van der Waals surface area contributed by atoms with E-state index in [4.69, 9.17) is 4.74 Å². The number of amides is 2. The second-order valence-corrected chi connectivity index (χ2v) is 9.13. The lowest BCUT2D eigenvalue weighted by Gasteiger charge is -2.34. The number of aryl methyl sites for hydroxylation is 1. The first-order chi connectivity index (χ1) is 16.9. The van der Waals surface area contributed by atoms with Crippen molar-refractivity contribution in [3.05, 3.63) is 89.3 Å². The van der Waals surface area contributed by atoms with E-state index in [9.17, 15) is 9.18 Å². The van der Waals surface area contributed by atoms with Crippen molar-refractivity contribution in [3.8, 4) is 16.9 Å². The average Bonchev–Trinajstić information content (AvgIpc) is 3.12. The van der Waals surface area contributed by atoms with Gasteiger partial charge in [-0.1, -0.05) is 30.3 Å². The highest BCUT2D eigenvalue weighted by atomic mass is 19.1. The number of aromatic nitrogens is 1. The van der Waals surface area contributed by atoms with E-state index >= 15 is 4.39 Å². The lowest BCUT2D eigenvalue weighted by atomic mass is 9.92. The predicted molar refractivity (Wildman–Crippen MR) is 131 cm³/mol. The Morgan fingerprint density at radius 1 is 1.11 bits per heavy atom. The predicted octanol–water partition coefficient (Wildman–Crippen LogP) is 5.87. The fraction of sp³-hybridized carbons (Fsp3) is 0.286. The summed E-state index contributed by atoms with van der Waals surface area (Å²) in [5.74, 6) is -0.170. The minimum absolute atomic E-state index is 0.00843. The molecule has 1 N–H and O–H groups in total. The number of nitrogens with one attached hydrogen (secondary N) is 1. The highest BCUT2D eigenvalue weighted by molar-refractivity contribution is 5.79. The fourth-order valence-corrected chi connectivity index (χ4v) is 5.11. The highest BCUT2D eigenvalue weighted by Gasteiger charge is 2.39. The number of pyridine rings is 1. The van der Waals surface area contributed by atoms with Crippen LogP contribution in [0.25, 0.3) is 16.7 Å². The van der Waals surface area contributed by atoms with Crippen LogP contribution in [0.4, 0.5) is 13.6 Å². The van der Waals surface area contributed by atoms with Gasteiger partial charge in [0, 0.05) is 29.9 Å². The van der Waals surface area contributed by atoms with Gasteiger partial charge in [0.15, 0.2) is 0 Å². The molecule has 2 bridgehead atoms. The van der Waals surface area contributed by atoms with Gasteiger partial charge in [0.05, 0.1) is 13.2 Å². The Morgan fingerprint density at radius 2 is 1.91 bits per heavy atom. The molecule has 1 saturated heterocycles. The van der Waals surface area contributed by atoms with Crippen LogP contribution >= 0.6 is 0 Å². The lowest BCUT2D eigenvalue weighted by Crippen LogP contribution is -2.48. The van der Waals surface area contributed by atoms with Crippen molar-refractivity contribution in [2.75, 3.05) is 7.11 Å². The number of methoxy groups -OCH3 is 1. The van der Waals surface area contributed by atoms with Gasteiger partial charge in [0.2, 0.25) is 5.95 Å². The summed E-state index contributed by atoms with van der Waals surface area (Å²) in [4.78, 5) is 18.6. The smallest absolute Gasteiger partial charge is 0.318 e. The Bertz CT molecular complexity index is 1290. The SMILES string of the molecule is COc1ccc(CNC(=O)N2C3C=C(c4ccc(-c5cnc(F)cc5C)c(F)c4)CC2CC3)cc1. The molecule has 2 aromatic carbocycles. The molecule has 3 aromatic rings. The maximum Gasteiger partial charge on any atom is 0.318 e. The molecule has 5 rings (SSSR count). The van der Waals surface area contributed by atoms with Crippen LogP contribution in [-0.4, -0.2) is 35.1 Å². The van der Waals surface area contributed by atoms with E-state index in [1.54, 1.807) is 20.1 Å². The van der Waals surface area contributed by atoms with E-state index in [0.717, 1.165) is 35.3 Å². The average molecular weight is 476 g/mol. The minimum Gasteiger partial charge on any atom is -0.497 e. The molecule has 1 aromatic heterocycles. The van der Waals surface area contributed by atoms with Crippen LogP contribution in [-0.2, 0) is 6.54 Å². The van der Waals surface area contributed by atoms with Crippen molar-refractivity contribution in [3.63, 3.8) is 0 Å². The van der Waals surface area contributed by atoms with Crippen LogP contribution in [0.15, 0.2) is 60.8 Å². The number of carbonyl (C=O) groups excluding carboxylic acids is 1. The van der Waals surface area contributed by atoms with Gasteiger partial charge in [-0.25, -0.2) is 14.2 Å². The first-order valence-electron chi connectivity index (χ1n) is 11.7. The molecule has 2 unspecified atom stereocenters. The summed E-state index contributed by atoms with van der Waals surface area (Å²) in [6, 6.07) is 14.1. The number of halogens is 2. The molecule has 7 heteroatoms. The Hall–Kier alpha value is -3.74. The molecule has 0 saturated carbocycles. The summed E-state index contributed by atoms with van der Waals surface area (Å²) >= 11 is 0. The second-order valence-electron chi connectivity index (χ2n) is 9.13. The molecule has 3 heterocycles. The van der Waals surface area contributed by atoms with Gasteiger partial charge >= 0.3 is 6.03 Å². The van der Waals surface area contributed by atoms with Crippen molar-refractivity contribution in [1.82, 2.24) is 15.2 Å². The van der Waals surface area contributed by atoms with Gasteiger partial charge in [-0.15, -0.1) is 0 Å². The molecule has 2 aliphatic rings. The number of fused-ring (bicyclic) bond motifs is 2. The van der Waals surface area contributed by atoms with E-state index in [1.807, 2.05) is 35.2 Å². The van der Waals surface area contributed by atoms with Crippen molar-refractivity contribution < 1.29 is 18.3 Å². The van der Waals surface area contributed by atoms with Gasteiger partial charge in [-0.2, -0.15) is 4.39 Å². The van der Waals surface area contributed by atoms with Crippen LogP contribution in [0.2, 0.25) is 0 Å². The third-order valence-electron chi connectivity index (χ3n) is 6.94. The van der Waals surface area contributed by atoms with Crippen molar-refractivity contribution in [1.29, 1.82) is 0 Å².